The van der Waals surface area contributed by atoms with Gasteiger partial charge in [-0.05, 0) is 67.7 Å². The Morgan fingerprint density at radius 3 is 2.42 bits per heavy atom. The molecule has 0 aliphatic carbocycles. The lowest BCUT2D eigenvalue weighted by atomic mass is 10.2. The largest absolute Gasteiger partial charge is 0.490 e. The van der Waals surface area contributed by atoms with Crippen molar-refractivity contribution >= 4 is 47.4 Å². The first-order valence-electron chi connectivity index (χ1n) is 8.01. The van der Waals surface area contributed by atoms with Crippen LogP contribution >= 0.6 is 47.4 Å². The molecule has 0 unspecified atom stereocenters. The summed E-state index contributed by atoms with van der Waals surface area (Å²) in [7, 11) is 4.17. The number of nitrogens with one attached hydrogen (secondary N) is 1. The number of hydrogen-bond acceptors (Lipinski definition) is 4. The second-order valence-electron chi connectivity index (χ2n) is 5.52. The highest BCUT2D eigenvalue weighted by molar-refractivity contribution is 14.1. The van der Waals surface area contributed by atoms with E-state index >= 15 is 0 Å². The first kappa shape index (κ1) is 26.3. The molecule has 0 bridgehead atoms. The van der Waals surface area contributed by atoms with E-state index in [4.69, 9.17) is 9.47 Å². The minimum Gasteiger partial charge on any atom is -0.490 e. The number of likely N-dealkylation sites (N-methyl/N-ethyl adjacent to an activating group) is 1. The van der Waals surface area contributed by atoms with Gasteiger partial charge in [0, 0.05) is 19.6 Å². The monoisotopic (exact) mass is 492 g/mol. The van der Waals surface area contributed by atoms with Crippen molar-refractivity contribution in [3.63, 3.8) is 0 Å². The average Bonchev–Trinajstić information content (AvgIpc) is 2.46. The summed E-state index contributed by atoms with van der Waals surface area (Å²) in [6.07, 6.45) is 2.20. The topological polar surface area (TPSA) is 33.7 Å². The van der Waals surface area contributed by atoms with Crippen LogP contribution in [0.3, 0.4) is 0 Å². The third kappa shape index (κ3) is 10.1. The maximum absolute atomic E-state index is 5.91. The fraction of sp³-hybridized carbons (Fsp3) is 0.647. The SMILES string of the molecule is CCCCOc1c(I)cc(CNCCN(C)C)cc1OCC.Cl.Cl. The molecule has 0 saturated heterocycles. The molecule has 0 heterocycles. The molecule has 0 saturated carbocycles. The van der Waals surface area contributed by atoms with Crippen LogP contribution in [0.25, 0.3) is 0 Å². The third-order valence-corrected chi connectivity index (χ3v) is 3.98. The van der Waals surface area contributed by atoms with Crippen molar-refractivity contribution in [3.05, 3.63) is 21.3 Å². The lowest BCUT2D eigenvalue weighted by molar-refractivity contribution is 0.270. The van der Waals surface area contributed by atoms with Gasteiger partial charge in [0.25, 0.3) is 0 Å². The molecule has 1 rings (SSSR count). The summed E-state index contributed by atoms with van der Waals surface area (Å²) in [6, 6.07) is 4.27. The minimum absolute atomic E-state index is 0. The summed E-state index contributed by atoms with van der Waals surface area (Å²) in [5, 5.41) is 3.46. The molecule has 0 aromatic heterocycles. The maximum atomic E-state index is 5.91. The normalized spacial score (nSPS) is 10.1. The van der Waals surface area contributed by atoms with E-state index in [1.165, 1.54) is 5.56 Å². The van der Waals surface area contributed by atoms with Crippen LogP contribution < -0.4 is 14.8 Å². The molecule has 1 aromatic rings. The zero-order valence-electron chi connectivity index (χ0n) is 15.1. The van der Waals surface area contributed by atoms with Crippen LogP contribution in [0.4, 0.5) is 0 Å². The van der Waals surface area contributed by atoms with Crippen LogP contribution in [-0.4, -0.2) is 45.3 Å². The van der Waals surface area contributed by atoms with Crippen molar-refractivity contribution < 1.29 is 9.47 Å². The van der Waals surface area contributed by atoms with Gasteiger partial charge in [0.1, 0.15) is 0 Å². The highest BCUT2D eigenvalue weighted by Crippen LogP contribution is 2.34. The molecule has 7 heteroatoms. The van der Waals surface area contributed by atoms with Gasteiger partial charge in [0.2, 0.25) is 0 Å². The van der Waals surface area contributed by atoms with Gasteiger partial charge in [-0.2, -0.15) is 0 Å². The number of ether oxygens (including phenoxy) is 2. The van der Waals surface area contributed by atoms with E-state index in [1.807, 2.05) is 6.92 Å². The Hall–Kier alpha value is 0.0500. The number of halogens is 3. The highest BCUT2D eigenvalue weighted by atomic mass is 127. The summed E-state index contributed by atoms with van der Waals surface area (Å²) in [4.78, 5) is 2.17. The Balaban J connectivity index is 0. The molecule has 24 heavy (non-hydrogen) atoms. The molecule has 0 aliphatic rings. The molecule has 0 atom stereocenters. The average molecular weight is 493 g/mol. The van der Waals surface area contributed by atoms with Gasteiger partial charge in [-0.3, -0.25) is 0 Å². The number of nitrogens with zero attached hydrogens (tertiary/aromatic N) is 1. The van der Waals surface area contributed by atoms with Gasteiger partial charge >= 0.3 is 0 Å². The summed E-state index contributed by atoms with van der Waals surface area (Å²) < 4.78 is 12.8. The number of benzene rings is 1. The third-order valence-electron chi connectivity index (χ3n) is 3.18. The Labute approximate surface area is 173 Å². The lowest BCUT2D eigenvalue weighted by Gasteiger charge is -2.16. The van der Waals surface area contributed by atoms with Crippen LogP contribution in [0.5, 0.6) is 11.5 Å². The second-order valence-corrected chi connectivity index (χ2v) is 6.68. The second kappa shape index (κ2) is 15.3. The number of hydrogen-bond donors (Lipinski definition) is 1. The van der Waals surface area contributed by atoms with Crippen molar-refractivity contribution in [1.29, 1.82) is 0 Å². The van der Waals surface area contributed by atoms with Crippen molar-refractivity contribution in [2.24, 2.45) is 0 Å². The van der Waals surface area contributed by atoms with Crippen molar-refractivity contribution in [3.8, 4) is 11.5 Å². The van der Waals surface area contributed by atoms with E-state index in [0.717, 1.165) is 54.2 Å². The van der Waals surface area contributed by atoms with Gasteiger partial charge in [0.05, 0.1) is 16.8 Å². The molecule has 1 aromatic carbocycles. The van der Waals surface area contributed by atoms with Gasteiger partial charge in [0.15, 0.2) is 11.5 Å². The van der Waals surface area contributed by atoms with Gasteiger partial charge in [-0.15, -0.1) is 24.8 Å². The van der Waals surface area contributed by atoms with E-state index in [9.17, 15) is 0 Å². The smallest absolute Gasteiger partial charge is 0.174 e. The van der Waals surface area contributed by atoms with Crippen LogP contribution in [0.2, 0.25) is 0 Å². The first-order valence-corrected chi connectivity index (χ1v) is 9.09. The van der Waals surface area contributed by atoms with E-state index in [1.54, 1.807) is 0 Å². The van der Waals surface area contributed by atoms with Crippen LogP contribution in [-0.2, 0) is 6.54 Å². The summed E-state index contributed by atoms with van der Waals surface area (Å²) in [5.41, 5.74) is 1.23. The molecule has 1 N–H and O–H groups in total. The van der Waals surface area contributed by atoms with Crippen molar-refractivity contribution in [2.45, 2.75) is 33.2 Å². The summed E-state index contributed by atoms with van der Waals surface area (Å²) in [6.45, 7) is 8.42. The number of rotatable bonds is 11. The van der Waals surface area contributed by atoms with Crippen LogP contribution in [0, 0.1) is 3.57 Å². The van der Waals surface area contributed by atoms with E-state index in [2.05, 4.69) is 66.0 Å². The van der Waals surface area contributed by atoms with Crippen molar-refractivity contribution in [1.82, 2.24) is 10.2 Å². The van der Waals surface area contributed by atoms with Crippen LogP contribution in [0.15, 0.2) is 12.1 Å². The summed E-state index contributed by atoms with van der Waals surface area (Å²) >= 11 is 2.33. The van der Waals surface area contributed by atoms with Gasteiger partial charge in [-0.25, -0.2) is 0 Å². The quantitative estimate of drug-likeness (QED) is 0.367. The highest BCUT2D eigenvalue weighted by Gasteiger charge is 2.12. The maximum Gasteiger partial charge on any atom is 0.174 e. The molecular weight excluding hydrogens is 462 g/mol. The summed E-state index contributed by atoms with van der Waals surface area (Å²) in [5.74, 6) is 1.74. The van der Waals surface area contributed by atoms with Gasteiger partial charge < -0.3 is 19.7 Å². The predicted octanol–water partition coefficient (Wildman–Crippen LogP) is 4.36. The van der Waals surface area contributed by atoms with Gasteiger partial charge in [-0.1, -0.05) is 13.3 Å². The number of unbranched alkanes of at least 4 members (excludes halogenated alkanes) is 1. The van der Waals surface area contributed by atoms with E-state index in [0.29, 0.717) is 6.61 Å². The van der Waals surface area contributed by atoms with Crippen LogP contribution in [0.1, 0.15) is 32.3 Å². The molecule has 0 aliphatic heterocycles. The molecule has 142 valence electrons. The lowest BCUT2D eigenvalue weighted by Crippen LogP contribution is -2.26. The zero-order chi connectivity index (χ0) is 16.4. The van der Waals surface area contributed by atoms with E-state index < -0.39 is 0 Å². The molecule has 0 radical (unpaired) electrons. The fourth-order valence-corrected chi connectivity index (χ4v) is 2.80. The fourth-order valence-electron chi connectivity index (χ4n) is 1.98. The zero-order valence-corrected chi connectivity index (χ0v) is 18.9. The Morgan fingerprint density at radius 1 is 1.12 bits per heavy atom. The molecular formula is C17H31Cl2IN2O2. The van der Waals surface area contributed by atoms with Crippen molar-refractivity contribution in [2.75, 3.05) is 40.4 Å². The minimum atomic E-state index is 0. The Kier molecular flexibility index (Phi) is 16.8. The first-order chi connectivity index (χ1) is 10.6. The van der Waals surface area contributed by atoms with E-state index in [-0.39, 0.29) is 24.8 Å². The Morgan fingerprint density at radius 2 is 1.83 bits per heavy atom. The Bertz CT molecular complexity index is 449. The molecule has 0 fully saturated rings. The standard InChI is InChI=1S/C17H29IN2O2.2ClH/c1-5-7-10-22-17-15(18)11-14(12-16(17)21-6-2)13-19-8-9-20(3)4;;/h11-12,19H,5-10,13H2,1-4H3;2*1H. The molecule has 4 nitrogen and oxygen atoms in total. The molecule has 0 spiro atoms. The predicted molar refractivity (Wildman–Crippen MR) is 115 cm³/mol. The molecule has 0 amide bonds.